The number of carbonyl (C=O) groups excluding carboxylic acids is 3. The molecule has 0 radical (unpaired) electrons. The third-order valence-corrected chi connectivity index (χ3v) is 6.33. The summed E-state index contributed by atoms with van der Waals surface area (Å²) >= 11 is 1.36. The molecule has 7 heteroatoms. The molecule has 1 aromatic carbocycles. The van der Waals surface area contributed by atoms with Gasteiger partial charge in [0.25, 0.3) is 5.91 Å². The first-order valence-corrected chi connectivity index (χ1v) is 11.0. The minimum atomic E-state index is -0.627. The molecule has 1 aromatic heterocycles. The van der Waals surface area contributed by atoms with E-state index in [9.17, 15) is 14.4 Å². The molecule has 2 fully saturated rings. The fraction of sp³-hybridized carbons (Fsp3) is 0.409. The summed E-state index contributed by atoms with van der Waals surface area (Å²) in [7, 11) is 0. The van der Waals surface area contributed by atoms with Crippen LogP contribution >= 0.6 is 11.3 Å². The SMILES string of the molecule is O=C(N[C@H](Cc1ccccc1)C(=O)N1CCN(C(=O)C2CC2)CC1)c1cccs1. The Balaban J connectivity index is 1.42. The van der Waals surface area contributed by atoms with E-state index in [-0.39, 0.29) is 23.6 Å². The quantitative estimate of drug-likeness (QED) is 0.792. The number of hydrogen-bond acceptors (Lipinski definition) is 4. The molecule has 0 spiro atoms. The van der Waals surface area contributed by atoms with E-state index >= 15 is 0 Å². The summed E-state index contributed by atoms with van der Waals surface area (Å²) in [5.74, 6) is 0.117. The normalized spacial score (nSPS) is 17.7. The number of thiophene rings is 1. The fourth-order valence-corrected chi connectivity index (χ4v) is 4.27. The zero-order valence-corrected chi connectivity index (χ0v) is 17.1. The maximum atomic E-state index is 13.2. The van der Waals surface area contributed by atoms with Crippen LogP contribution in [0.3, 0.4) is 0 Å². The number of nitrogens with zero attached hydrogens (tertiary/aromatic N) is 2. The zero-order chi connectivity index (χ0) is 20.2. The molecule has 0 unspecified atom stereocenters. The van der Waals surface area contributed by atoms with Gasteiger partial charge in [0, 0.05) is 38.5 Å². The van der Waals surface area contributed by atoms with E-state index in [1.165, 1.54) is 11.3 Å². The van der Waals surface area contributed by atoms with Crippen LogP contribution in [-0.2, 0) is 16.0 Å². The number of rotatable bonds is 6. The molecule has 1 aliphatic carbocycles. The van der Waals surface area contributed by atoms with Crippen LogP contribution in [0.2, 0.25) is 0 Å². The van der Waals surface area contributed by atoms with Crippen molar-refractivity contribution < 1.29 is 14.4 Å². The van der Waals surface area contributed by atoms with Crippen molar-refractivity contribution >= 4 is 29.1 Å². The average molecular weight is 412 g/mol. The molecule has 1 saturated heterocycles. The van der Waals surface area contributed by atoms with E-state index in [1.54, 1.807) is 11.0 Å². The predicted octanol–water partition coefficient (Wildman–Crippen LogP) is 2.17. The van der Waals surface area contributed by atoms with Crippen LogP contribution in [0.1, 0.15) is 28.1 Å². The molecule has 6 nitrogen and oxygen atoms in total. The fourth-order valence-electron chi connectivity index (χ4n) is 3.64. The number of carbonyl (C=O) groups is 3. The van der Waals surface area contributed by atoms with Crippen LogP contribution < -0.4 is 5.32 Å². The Labute approximate surface area is 174 Å². The van der Waals surface area contributed by atoms with Gasteiger partial charge in [-0.05, 0) is 29.9 Å². The molecular weight excluding hydrogens is 386 g/mol. The minimum Gasteiger partial charge on any atom is -0.339 e. The molecule has 2 heterocycles. The van der Waals surface area contributed by atoms with E-state index in [0.29, 0.717) is 37.5 Å². The van der Waals surface area contributed by atoms with Crippen molar-refractivity contribution in [3.8, 4) is 0 Å². The first-order valence-electron chi connectivity index (χ1n) is 10.1. The van der Waals surface area contributed by atoms with Crippen molar-refractivity contribution in [2.45, 2.75) is 25.3 Å². The second kappa shape index (κ2) is 8.78. The van der Waals surface area contributed by atoms with Gasteiger partial charge in [-0.25, -0.2) is 0 Å². The van der Waals surface area contributed by atoms with Crippen LogP contribution in [-0.4, -0.2) is 59.7 Å². The van der Waals surface area contributed by atoms with Gasteiger partial charge in [0.1, 0.15) is 6.04 Å². The van der Waals surface area contributed by atoms with Crippen LogP contribution in [0.15, 0.2) is 47.8 Å². The third kappa shape index (κ3) is 4.85. The summed E-state index contributed by atoms with van der Waals surface area (Å²) < 4.78 is 0. The summed E-state index contributed by atoms with van der Waals surface area (Å²) in [6, 6.07) is 12.7. The lowest BCUT2D eigenvalue weighted by molar-refractivity contribution is -0.141. The molecular formula is C22H25N3O3S. The van der Waals surface area contributed by atoms with Gasteiger partial charge in [-0.15, -0.1) is 11.3 Å². The average Bonchev–Trinajstić information content (AvgIpc) is 3.46. The van der Waals surface area contributed by atoms with E-state index < -0.39 is 6.04 Å². The predicted molar refractivity (Wildman–Crippen MR) is 112 cm³/mol. The van der Waals surface area contributed by atoms with Crippen molar-refractivity contribution in [3.63, 3.8) is 0 Å². The number of amides is 3. The number of hydrogen-bond donors (Lipinski definition) is 1. The highest BCUT2D eigenvalue weighted by Gasteiger charge is 2.36. The Morgan fingerprint density at radius 1 is 0.966 bits per heavy atom. The molecule has 1 atom stereocenters. The van der Waals surface area contributed by atoms with Crippen LogP contribution in [0.5, 0.6) is 0 Å². The highest BCUT2D eigenvalue weighted by Crippen LogP contribution is 2.31. The van der Waals surface area contributed by atoms with Crippen molar-refractivity contribution in [3.05, 3.63) is 58.3 Å². The molecule has 1 aliphatic heterocycles. The number of nitrogens with one attached hydrogen (secondary N) is 1. The summed E-state index contributed by atoms with van der Waals surface area (Å²) in [6.45, 7) is 2.16. The lowest BCUT2D eigenvalue weighted by Gasteiger charge is -2.36. The molecule has 1 saturated carbocycles. The topological polar surface area (TPSA) is 69.7 Å². The first kappa shape index (κ1) is 19.6. The van der Waals surface area contributed by atoms with Gasteiger partial charge >= 0.3 is 0 Å². The van der Waals surface area contributed by atoms with Gasteiger partial charge in [0.05, 0.1) is 4.88 Å². The van der Waals surface area contributed by atoms with E-state index in [1.807, 2.05) is 46.7 Å². The Morgan fingerprint density at radius 2 is 1.66 bits per heavy atom. The lowest BCUT2D eigenvalue weighted by Crippen LogP contribution is -2.56. The number of benzene rings is 1. The van der Waals surface area contributed by atoms with Crippen molar-refractivity contribution in [2.75, 3.05) is 26.2 Å². The van der Waals surface area contributed by atoms with E-state index in [2.05, 4.69) is 5.32 Å². The number of piperazine rings is 1. The standard InChI is InChI=1S/C22H25N3O3S/c26-20(19-7-4-14-29-19)23-18(15-16-5-2-1-3-6-16)22(28)25-12-10-24(11-13-25)21(27)17-8-9-17/h1-7,14,17-18H,8-13,15H2,(H,23,26)/t18-/m1/s1. The molecule has 4 rings (SSSR count). The van der Waals surface area contributed by atoms with Crippen LogP contribution in [0.25, 0.3) is 0 Å². The smallest absolute Gasteiger partial charge is 0.262 e. The molecule has 1 N–H and O–H groups in total. The van der Waals surface area contributed by atoms with Crippen molar-refractivity contribution in [1.29, 1.82) is 0 Å². The largest absolute Gasteiger partial charge is 0.339 e. The Bertz CT molecular complexity index is 857. The van der Waals surface area contributed by atoms with Gasteiger partial charge in [-0.1, -0.05) is 36.4 Å². The summed E-state index contributed by atoms with van der Waals surface area (Å²) in [6.07, 6.45) is 2.43. The Kier molecular flexibility index (Phi) is 5.94. The molecule has 2 aliphatic rings. The van der Waals surface area contributed by atoms with Crippen molar-refractivity contribution in [1.82, 2.24) is 15.1 Å². The highest BCUT2D eigenvalue weighted by molar-refractivity contribution is 7.12. The van der Waals surface area contributed by atoms with Crippen LogP contribution in [0, 0.1) is 5.92 Å². The summed E-state index contributed by atoms with van der Waals surface area (Å²) in [4.78, 5) is 42.3. The van der Waals surface area contributed by atoms with Gasteiger partial charge < -0.3 is 15.1 Å². The minimum absolute atomic E-state index is 0.0859. The van der Waals surface area contributed by atoms with Gasteiger partial charge in [-0.3, -0.25) is 14.4 Å². The third-order valence-electron chi connectivity index (χ3n) is 5.46. The highest BCUT2D eigenvalue weighted by atomic mass is 32.1. The second-order valence-corrected chi connectivity index (χ2v) is 8.57. The molecule has 3 amide bonds. The van der Waals surface area contributed by atoms with Gasteiger partial charge in [0.15, 0.2) is 0 Å². The molecule has 0 bridgehead atoms. The maximum absolute atomic E-state index is 13.2. The molecule has 2 aromatic rings. The summed E-state index contributed by atoms with van der Waals surface area (Å²) in [5, 5.41) is 4.77. The maximum Gasteiger partial charge on any atom is 0.262 e. The second-order valence-electron chi connectivity index (χ2n) is 7.62. The van der Waals surface area contributed by atoms with Crippen molar-refractivity contribution in [2.24, 2.45) is 5.92 Å². The van der Waals surface area contributed by atoms with E-state index in [4.69, 9.17) is 0 Å². The Morgan fingerprint density at radius 3 is 2.28 bits per heavy atom. The van der Waals surface area contributed by atoms with Gasteiger partial charge in [-0.2, -0.15) is 0 Å². The lowest BCUT2D eigenvalue weighted by atomic mass is 10.0. The Hall–Kier alpha value is -2.67. The summed E-state index contributed by atoms with van der Waals surface area (Å²) in [5.41, 5.74) is 1.000. The molecule has 29 heavy (non-hydrogen) atoms. The monoisotopic (exact) mass is 411 g/mol. The van der Waals surface area contributed by atoms with Crippen LogP contribution in [0.4, 0.5) is 0 Å². The zero-order valence-electron chi connectivity index (χ0n) is 16.3. The molecule has 152 valence electrons. The first-order chi connectivity index (χ1) is 14.1. The van der Waals surface area contributed by atoms with E-state index in [0.717, 1.165) is 18.4 Å². The van der Waals surface area contributed by atoms with Gasteiger partial charge in [0.2, 0.25) is 11.8 Å².